The van der Waals surface area contributed by atoms with Crippen LogP contribution in [0.1, 0.15) is 65.2 Å². The van der Waals surface area contributed by atoms with Crippen LogP contribution in [0.4, 0.5) is 0 Å². The van der Waals surface area contributed by atoms with Crippen LogP contribution in [0.5, 0.6) is 0 Å². The molecule has 0 saturated heterocycles. The monoisotopic (exact) mass is 552 g/mol. The van der Waals surface area contributed by atoms with Gasteiger partial charge in [-0.25, -0.2) is 8.42 Å². The Bertz CT molecular complexity index is 1170. The van der Waals surface area contributed by atoms with Crippen molar-refractivity contribution in [2.75, 3.05) is 5.75 Å². The Hall–Kier alpha value is -1.11. The Kier molecular flexibility index (Phi) is 8.48. The maximum absolute atomic E-state index is 13.0. The van der Waals surface area contributed by atoms with Gasteiger partial charge in [-0.15, -0.1) is 0 Å². The molecule has 198 valence electrons. The van der Waals surface area contributed by atoms with Crippen molar-refractivity contribution < 1.29 is 18.6 Å². The van der Waals surface area contributed by atoms with Crippen LogP contribution < -0.4 is 0 Å². The van der Waals surface area contributed by atoms with Crippen LogP contribution in [-0.2, 0) is 9.84 Å². The van der Waals surface area contributed by atoms with E-state index >= 15 is 0 Å². The van der Waals surface area contributed by atoms with Gasteiger partial charge in [0, 0.05) is 6.42 Å². The molecule has 4 rings (SSSR count). The van der Waals surface area contributed by atoms with Crippen LogP contribution >= 0.6 is 23.2 Å². The summed E-state index contributed by atoms with van der Waals surface area (Å²) in [6.45, 7) is 8.64. The van der Waals surface area contributed by atoms with Gasteiger partial charge in [0.15, 0.2) is 9.84 Å². The number of aliphatic hydroxyl groups is 2. The number of fused-ring (bicyclic) bond motifs is 1. The van der Waals surface area contributed by atoms with E-state index < -0.39 is 22.0 Å². The van der Waals surface area contributed by atoms with E-state index in [1.54, 1.807) is 0 Å². The van der Waals surface area contributed by atoms with E-state index in [0.29, 0.717) is 42.0 Å². The molecule has 1 aromatic rings. The van der Waals surface area contributed by atoms with Crippen LogP contribution in [0, 0.1) is 23.2 Å². The average molecular weight is 554 g/mol. The molecule has 3 aliphatic rings. The highest BCUT2D eigenvalue weighted by Gasteiger charge is 2.50. The topological polar surface area (TPSA) is 74.6 Å². The van der Waals surface area contributed by atoms with Gasteiger partial charge in [0.05, 0.1) is 32.9 Å². The van der Waals surface area contributed by atoms with Crippen LogP contribution in [0.2, 0.25) is 10.0 Å². The summed E-state index contributed by atoms with van der Waals surface area (Å²) in [6.07, 6.45) is 10.2. The first-order valence-corrected chi connectivity index (χ1v) is 15.5. The van der Waals surface area contributed by atoms with E-state index in [2.05, 4.69) is 32.6 Å². The standard InChI is InChI=1S/C29H38Cl2O4S/c1-18(12-14-36(34,35)23-8-11-26(30)27(31)17-23)24-9-10-25-20(5-4-13-29(24,25)3)6-7-21-15-22(32)16-28(33)19(21)2/h6-8,11,17-18,22,24-25,28,32-33H,2,4-5,9-10,12-16H2,1,3H3/b20-6+,21-7-/t18-,22-,24-,25+,28+,29-/m1/s1. The Morgan fingerprint density at radius 3 is 2.67 bits per heavy atom. The maximum Gasteiger partial charge on any atom is 0.178 e. The summed E-state index contributed by atoms with van der Waals surface area (Å²) in [7, 11) is -3.43. The molecule has 0 heterocycles. The Morgan fingerprint density at radius 1 is 1.19 bits per heavy atom. The van der Waals surface area contributed by atoms with Gasteiger partial charge in [0.25, 0.3) is 0 Å². The lowest BCUT2D eigenvalue weighted by molar-refractivity contribution is 0.0861. The Balaban J connectivity index is 1.46. The fourth-order valence-corrected chi connectivity index (χ4v) is 8.86. The van der Waals surface area contributed by atoms with E-state index in [1.165, 1.54) is 23.8 Å². The van der Waals surface area contributed by atoms with Gasteiger partial charge in [-0.3, -0.25) is 0 Å². The first kappa shape index (κ1) is 27.9. The quantitative estimate of drug-likeness (QED) is 0.401. The van der Waals surface area contributed by atoms with Crippen molar-refractivity contribution in [1.29, 1.82) is 0 Å². The van der Waals surface area contributed by atoms with Gasteiger partial charge in [-0.2, -0.15) is 0 Å². The number of rotatable bonds is 6. The molecule has 36 heavy (non-hydrogen) atoms. The van der Waals surface area contributed by atoms with Gasteiger partial charge in [-0.1, -0.05) is 61.4 Å². The van der Waals surface area contributed by atoms with Gasteiger partial charge in [-0.05, 0) is 97.5 Å². The second-order valence-corrected chi connectivity index (χ2v) is 14.2. The van der Waals surface area contributed by atoms with Crippen LogP contribution in [-0.4, -0.2) is 36.6 Å². The summed E-state index contributed by atoms with van der Waals surface area (Å²) >= 11 is 12.0. The molecule has 0 aliphatic heterocycles. The summed E-state index contributed by atoms with van der Waals surface area (Å²) < 4.78 is 26.0. The lowest BCUT2D eigenvalue weighted by atomic mass is 9.61. The van der Waals surface area contributed by atoms with Gasteiger partial charge in [0.2, 0.25) is 0 Å². The number of hydrogen-bond acceptors (Lipinski definition) is 4. The molecular formula is C29H38Cl2O4S. The van der Waals surface area contributed by atoms with Crippen molar-refractivity contribution in [3.63, 3.8) is 0 Å². The summed E-state index contributed by atoms with van der Waals surface area (Å²) in [5.74, 6) is 1.34. The van der Waals surface area contributed by atoms with E-state index in [0.717, 1.165) is 43.3 Å². The van der Waals surface area contributed by atoms with Crippen molar-refractivity contribution in [3.05, 3.63) is 63.7 Å². The lowest BCUT2D eigenvalue weighted by Gasteiger charge is -2.44. The zero-order valence-corrected chi connectivity index (χ0v) is 23.5. The second kappa shape index (κ2) is 10.9. The third-order valence-electron chi connectivity index (χ3n) is 9.08. The number of halogens is 2. The molecule has 0 unspecified atom stereocenters. The lowest BCUT2D eigenvalue weighted by Crippen LogP contribution is -2.36. The number of hydrogen-bond donors (Lipinski definition) is 2. The minimum absolute atomic E-state index is 0.102. The summed E-state index contributed by atoms with van der Waals surface area (Å²) in [5, 5.41) is 20.9. The van der Waals surface area contributed by atoms with Gasteiger partial charge in [0.1, 0.15) is 0 Å². The number of allylic oxidation sites excluding steroid dienone is 3. The van der Waals surface area contributed by atoms with Crippen molar-refractivity contribution >= 4 is 33.0 Å². The van der Waals surface area contributed by atoms with Crippen LogP contribution in [0.15, 0.2) is 58.5 Å². The zero-order chi connectivity index (χ0) is 26.3. The molecule has 4 nitrogen and oxygen atoms in total. The molecule has 7 heteroatoms. The highest BCUT2D eigenvalue weighted by molar-refractivity contribution is 7.91. The maximum atomic E-state index is 13.0. The second-order valence-electron chi connectivity index (χ2n) is 11.3. The molecule has 3 saturated carbocycles. The van der Waals surface area contributed by atoms with E-state index in [4.69, 9.17) is 23.2 Å². The van der Waals surface area contributed by atoms with Crippen LogP contribution in [0.3, 0.4) is 0 Å². The molecule has 6 atom stereocenters. The fourth-order valence-electron chi connectivity index (χ4n) is 7.01. The normalized spacial score (nSPS) is 34.2. The van der Waals surface area contributed by atoms with Crippen molar-refractivity contribution in [1.82, 2.24) is 0 Å². The van der Waals surface area contributed by atoms with E-state index in [-0.39, 0.29) is 21.1 Å². The molecule has 0 radical (unpaired) electrons. The SMILES string of the molecule is C=C1/C(=C\C=C2/CCC[C@]3(C)[C@@H]([C@H](C)CCS(=O)(=O)c4ccc(Cl)c(Cl)c4)CC[C@@H]23)C[C@@H](O)C[C@@H]1O. The molecule has 0 aromatic heterocycles. The molecule has 0 amide bonds. The first-order valence-electron chi connectivity index (χ1n) is 13.0. The minimum atomic E-state index is -3.43. The predicted octanol–water partition coefficient (Wildman–Crippen LogP) is 6.93. The number of aliphatic hydroxyl groups excluding tert-OH is 2. The number of benzene rings is 1. The Morgan fingerprint density at radius 2 is 1.94 bits per heavy atom. The Labute approximate surface area is 226 Å². The highest BCUT2D eigenvalue weighted by atomic mass is 35.5. The minimum Gasteiger partial charge on any atom is -0.393 e. The van der Waals surface area contributed by atoms with Gasteiger partial charge >= 0.3 is 0 Å². The average Bonchev–Trinajstić information content (AvgIpc) is 3.18. The molecule has 1 aromatic carbocycles. The van der Waals surface area contributed by atoms with E-state index in [9.17, 15) is 18.6 Å². The van der Waals surface area contributed by atoms with Gasteiger partial charge < -0.3 is 10.2 Å². The van der Waals surface area contributed by atoms with Crippen molar-refractivity contribution in [2.45, 2.75) is 82.3 Å². The molecule has 0 bridgehead atoms. The van der Waals surface area contributed by atoms with Crippen molar-refractivity contribution in [2.24, 2.45) is 23.2 Å². The van der Waals surface area contributed by atoms with Crippen LogP contribution in [0.25, 0.3) is 0 Å². The third-order valence-corrected chi connectivity index (χ3v) is 11.6. The third kappa shape index (κ3) is 5.66. The largest absolute Gasteiger partial charge is 0.393 e. The summed E-state index contributed by atoms with van der Waals surface area (Å²) in [4.78, 5) is 0.232. The molecule has 2 N–H and O–H groups in total. The molecule has 3 fully saturated rings. The number of sulfone groups is 1. The first-order chi connectivity index (χ1) is 16.9. The summed E-state index contributed by atoms with van der Waals surface area (Å²) in [5.41, 5.74) is 3.25. The zero-order valence-electron chi connectivity index (χ0n) is 21.2. The molecule has 0 spiro atoms. The molecule has 3 aliphatic carbocycles. The predicted molar refractivity (Wildman–Crippen MR) is 147 cm³/mol. The van der Waals surface area contributed by atoms with Crippen molar-refractivity contribution in [3.8, 4) is 0 Å². The molecular weight excluding hydrogens is 515 g/mol. The fraction of sp³-hybridized carbons (Fsp3) is 0.586. The highest BCUT2D eigenvalue weighted by Crippen LogP contribution is 2.59. The smallest absolute Gasteiger partial charge is 0.178 e. The van der Waals surface area contributed by atoms with E-state index in [1.807, 2.05) is 0 Å². The summed E-state index contributed by atoms with van der Waals surface area (Å²) in [6, 6.07) is 4.52.